The highest BCUT2D eigenvalue weighted by Crippen LogP contribution is 2.27. The molecule has 0 unspecified atom stereocenters. The number of hydrogen-bond acceptors (Lipinski definition) is 5. The largest absolute Gasteiger partial charge is 0.465 e. The minimum Gasteiger partial charge on any atom is -0.465 e. The van der Waals surface area contributed by atoms with Crippen LogP contribution in [0.5, 0.6) is 0 Å². The van der Waals surface area contributed by atoms with Crippen LogP contribution in [-0.2, 0) is 19.6 Å². The minimum atomic E-state index is -4.02. The van der Waals surface area contributed by atoms with Crippen molar-refractivity contribution in [2.75, 3.05) is 13.2 Å². The molecule has 0 amide bonds. The lowest BCUT2D eigenvalue weighted by Crippen LogP contribution is -2.32. The predicted octanol–water partition coefficient (Wildman–Crippen LogP) is 2.18. The third-order valence-corrected chi connectivity index (χ3v) is 4.34. The van der Waals surface area contributed by atoms with Crippen LogP contribution in [0.4, 0.5) is 0 Å². The zero-order valence-corrected chi connectivity index (χ0v) is 14.8. The fraction of sp³-hybridized carbons (Fsp3) is 0.562. The number of carbonyl (C=O) groups excluding carboxylic acids is 1. The Kier molecular flexibility index (Phi) is 6.73. The number of hydrogen-bond donors (Lipinski definition) is 2. The van der Waals surface area contributed by atoms with Crippen LogP contribution >= 0.6 is 0 Å². The Morgan fingerprint density at radius 1 is 1.35 bits per heavy atom. The van der Waals surface area contributed by atoms with Gasteiger partial charge < -0.3 is 10.1 Å². The molecule has 1 saturated heterocycles. The summed E-state index contributed by atoms with van der Waals surface area (Å²) in [6, 6.07) is 5.90. The number of aryl methyl sites for hydroxylation is 1. The number of benzene rings is 1. The van der Waals surface area contributed by atoms with Crippen molar-refractivity contribution in [3.8, 4) is 0 Å². The third-order valence-electron chi connectivity index (χ3n) is 3.47. The molecule has 23 heavy (non-hydrogen) atoms. The molecule has 0 saturated carbocycles. The highest BCUT2D eigenvalue weighted by molar-refractivity contribution is 7.85. The number of nitrogens with one attached hydrogen (secondary N) is 1. The Morgan fingerprint density at radius 2 is 1.91 bits per heavy atom. The van der Waals surface area contributed by atoms with E-state index >= 15 is 0 Å². The Balaban J connectivity index is 0.000000231. The van der Waals surface area contributed by atoms with Crippen LogP contribution in [0.2, 0.25) is 0 Å². The Labute approximate surface area is 138 Å². The molecule has 0 bridgehead atoms. The summed E-state index contributed by atoms with van der Waals surface area (Å²) in [6.07, 6.45) is 0.881. The summed E-state index contributed by atoms with van der Waals surface area (Å²) < 4.78 is 34.5. The van der Waals surface area contributed by atoms with Crippen molar-refractivity contribution in [1.29, 1.82) is 0 Å². The summed E-state index contributed by atoms with van der Waals surface area (Å²) in [4.78, 5) is 11.2. The van der Waals surface area contributed by atoms with Crippen LogP contribution in [-0.4, -0.2) is 38.1 Å². The standard InChI is InChI=1S/C9H17NO2.C7H8O3S/c1-4-12-8(11)7-5-9(2,3)6-10-7;1-6-2-4-7(5-3-6)11(8,9)10/h7,10H,4-6H2,1-3H3;2-5H,1H3,(H,8,9,10)/t7-;/m0./s1. The van der Waals surface area contributed by atoms with Gasteiger partial charge in [-0.2, -0.15) is 8.42 Å². The molecule has 1 fully saturated rings. The maximum absolute atomic E-state index is 11.2. The van der Waals surface area contributed by atoms with E-state index in [1.54, 1.807) is 12.1 Å². The van der Waals surface area contributed by atoms with Crippen molar-refractivity contribution in [2.45, 2.75) is 45.1 Å². The average Bonchev–Trinajstić information content (AvgIpc) is 2.80. The summed E-state index contributed by atoms with van der Waals surface area (Å²) in [5, 5.41) is 3.16. The summed E-state index contributed by atoms with van der Waals surface area (Å²) in [6.45, 7) is 9.35. The molecular weight excluding hydrogens is 318 g/mol. The minimum absolute atomic E-state index is 0.0666. The summed E-state index contributed by atoms with van der Waals surface area (Å²) in [7, 11) is -4.02. The SMILES string of the molecule is CCOC(=O)[C@@H]1CC(C)(C)CN1.Cc1ccc(S(=O)(=O)O)cc1. The van der Waals surface area contributed by atoms with Crippen LogP contribution < -0.4 is 5.32 Å². The third kappa shape index (κ3) is 6.68. The van der Waals surface area contributed by atoms with Gasteiger partial charge in [0, 0.05) is 6.54 Å². The number of rotatable bonds is 3. The molecule has 0 aromatic heterocycles. The van der Waals surface area contributed by atoms with Crippen molar-refractivity contribution >= 4 is 16.1 Å². The molecule has 1 aromatic carbocycles. The molecule has 0 spiro atoms. The molecule has 7 heteroatoms. The first-order valence-corrected chi connectivity index (χ1v) is 8.93. The normalized spacial score (nSPS) is 19.6. The van der Waals surface area contributed by atoms with Gasteiger partial charge in [0.15, 0.2) is 0 Å². The molecule has 6 nitrogen and oxygen atoms in total. The summed E-state index contributed by atoms with van der Waals surface area (Å²) in [5.74, 6) is -0.108. The summed E-state index contributed by atoms with van der Waals surface area (Å²) >= 11 is 0. The maximum Gasteiger partial charge on any atom is 0.323 e. The van der Waals surface area contributed by atoms with E-state index < -0.39 is 10.1 Å². The first kappa shape index (κ1) is 19.6. The van der Waals surface area contributed by atoms with E-state index in [-0.39, 0.29) is 22.3 Å². The van der Waals surface area contributed by atoms with Crippen molar-refractivity contribution in [3.05, 3.63) is 29.8 Å². The second-order valence-corrected chi connectivity index (χ2v) is 7.76. The van der Waals surface area contributed by atoms with Gasteiger partial charge in [0.1, 0.15) is 6.04 Å². The highest BCUT2D eigenvalue weighted by atomic mass is 32.2. The van der Waals surface area contributed by atoms with Gasteiger partial charge in [-0.25, -0.2) is 0 Å². The van der Waals surface area contributed by atoms with Gasteiger partial charge >= 0.3 is 5.97 Å². The van der Waals surface area contributed by atoms with Crippen LogP contribution in [0.3, 0.4) is 0 Å². The topological polar surface area (TPSA) is 92.7 Å². The first-order valence-electron chi connectivity index (χ1n) is 7.49. The molecule has 1 heterocycles. The average molecular weight is 343 g/mol. The van der Waals surface area contributed by atoms with Gasteiger partial charge in [-0.05, 0) is 37.8 Å². The Morgan fingerprint density at radius 3 is 2.30 bits per heavy atom. The molecule has 1 atom stereocenters. The van der Waals surface area contributed by atoms with Crippen molar-refractivity contribution in [3.63, 3.8) is 0 Å². The van der Waals surface area contributed by atoms with Crippen LogP contribution in [0, 0.1) is 12.3 Å². The maximum atomic E-state index is 11.2. The van der Waals surface area contributed by atoms with E-state index in [2.05, 4.69) is 19.2 Å². The van der Waals surface area contributed by atoms with Crippen molar-refractivity contribution < 1.29 is 22.5 Å². The smallest absolute Gasteiger partial charge is 0.323 e. The van der Waals surface area contributed by atoms with Gasteiger partial charge in [0.2, 0.25) is 0 Å². The van der Waals surface area contributed by atoms with Gasteiger partial charge in [0.05, 0.1) is 11.5 Å². The quantitative estimate of drug-likeness (QED) is 0.645. The molecule has 2 N–H and O–H groups in total. The van der Waals surface area contributed by atoms with Crippen LogP contribution in [0.25, 0.3) is 0 Å². The molecule has 0 aliphatic carbocycles. The fourth-order valence-electron chi connectivity index (χ4n) is 2.22. The van der Waals surface area contributed by atoms with E-state index in [9.17, 15) is 13.2 Å². The number of carbonyl (C=O) groups is 1. The molecular formula is C16H25NO5S. The molecule has 1 aliphatic rings. The fourth-order valence-corrected chi connectivity index (χ4v) is 2.70. The zero-order chi connectivity index (χ0) is 17.7. The second kappa shape index (κ2) is 7.90. The first-order chi connectivity index (χ1) is 10.5. The Bertz CT molecular complexity index is 622. The number of esters is 1. The van der Waals surface area contributed by atoms with E-state index in [0.29, 0.717) is 6.61 Å². The van der Waals surface area contributed by atoms with Crippen molar-refractivity contribution in [2.24, 2.45) is 5.41 Å². The zero-order valence-electron chi connectivity index (χ0n) is 14.0. The number of ether oxygens (including phenoxy) is 1. The predicted molar refractivity (Wildman–Crippen MR) is 87.8 cm³/mol. The Hall–Kier alpha value is -1.44. The molecule has 0 radical (unpaired) electrons. The van der Waals surface area contributed by atoms with Crippen LogP contribution in [0.1, 0.15) is 32.8 Å². The lowest BCUT2D eigenvalue weighted by atomic mass is 9.91. The van der Waals surface area contributed by atoms with Gasteiger partial charge in [-0.1, -0.05) is 31.5 Å². The summed E-state index contributed by atoms with van der Waals surface area (Å²) in [5.41, 5.74) is 1.19. The van der Waals surface area contributed by atoms with E-state index in [1.807, 2.05) is 13.8 Å². The van der Waals surface area contributed by atoms with E-state index in [0.717, 1.165) is 18.5 Å². The molecule has 1 aromatic rings. The second-order valence-electron chi connectivity index (χ2n) is 6.34. The van der Waals surface area contributed by atoms with E-state index in [1.165, 1.54) is 12.1 Å². The highest BCUT2D eigenvalue weighted by Gasteiger charge is 2.35. The molecule has 130 valence electrons. The van der Waals surface area contributed by atoms with Gasteiger partial charge in [0.25, 0.3) is 10.1 Å². The van der Waals surface area contributed by atoms with E-state index in [4.69, 9.17) is 9.29 Å². The molecule has 2 rings (SSSR count). The van der Waals surface area contributed by atoms with Crippen LogP contribution in [0.15, 0.2) is 29.2 Å². The monoisotopic (exact) mass is 343 g/mol. The lowest BCUT2D eigenvalue weighted by molar-refractivity contribution is -0.145. The van der Waals surface area contributed by atoms with Gasteiger partial charge in [-0.15, -0.1) is 0 Å². The lowest BCUT2D eigenvalue weighted by Gasteiger charge is -2.14. The molecule has 1 aliphatic heterocycles. The van der Waals surface area contributed by atoms with Gasteiger partial charge in [-0.3, -0.25) is 9.35 Å². The van der Waals surface area contributed by atoms with Crippen molar-refractivity contribution in [1.82, 2.24) is 5.32 Å².